The first-order valence-corrected chi connectivity index (χ1v) is 10.9. The third-order valence-electron chi connectivity index (χ3n) is 5.65. The van der Waals surface area contributed by atoms with Crippen LogP contribution in [-0.4, -0.2) is 83.9 Å². The fraction of sp³-hybridized carbons (Fsp3) is 0.591. The number of rotatable bonds is 9. The molecule has 0 spiro atoms. The van der Waals surface area contributed by atoms with Crippen molar-refractivity contribution in [2.24, 2.45) is 5.92 Å². The number of hydrogen-bond acceptors (Lipinski definition) is 6. The highest BCUT2D eigenvalue weighted by Crippen LogP contribution is 2.24. The van der Waals surface area contributed by atoms with Crippen molar-refractivity contribution in [1.82, 2.24) is 20.4 Å². The Labute approximate surface area is 196 Å². The number of carbonyl (C=O) groups is 3. The topological polar surface area (TPSA) is 111 Å². The van der Waals surface area contributed by atoms with Crippen LogP contribution >= 0.6 is 0 Å². The zero-order valence-corrected chi connectivity index (χ0v) is 19.6. The minimum Gasteiger partial charge on any atom is -0.480 e. The van der Waals surface area contributed by atoms with Gasteiger partial charge in [-0.15, -0.1) is 13.2 Å². The van der Waals surface area contributed by atoms with Gasteiger partial charge >= 0.3 is 12.3 Å². The molecule has 0 radical (unpaired) electrons. The number of nitrogens with one attached hydrogen (secondary N) is 2. The van der Waals surface area contributed by atoms with E-state index in [9.17, 15) is 32.7 Å². The van der Waals surface area contributed by atoms with E-state index in [1.165, 1.54) is 29.2 Å². The summed E-state index contributed by atoms with van der Waals surface area (Å²) in [6, 6.07) is 2.81. The van der Waals surface area contributed by atoms with Gasteiger partial charge in [-0.05, 0) is 37.6 Å². The van der Waals surface area contributed by atoms with Gasteiger partial charge in [0.15, 0.2) is 0 Å². The third kappa shape index (κ3) is 7.59. The average Bonchev–Trinajstić information content (AvgIpc) is 2.76. The van der Waals surface area contributed by atoms with E-state index >= 15 is 0 Å². The van der Waals surface area contributed by atoms with E-state index in [1.807, 2.05) is 4.90 Å². The molecule has 1 fully saturated rings. The molecule has 0 unspecified atom stereocenters. The van der Waals surface area contributed by atoms with Crippen LogP contribution in [0.5, 0.6) is 5.75 Å². The maximum absolute atomic E-state index is 13.2. The summed E-state index contributed by atoms with van der Waals surface area (Å²) in [6.07, 6.45) is -4.78. The number of nitrogens with zero attached hydrogens (tertiary/aromatic N) is 2. The number of piperazine rings is 1. The van der Waals surface area contributed by atoms with E-state index in [1.54, 1.807) is 27.8 Å². The molecule has 1 aliphatic heterocycles. The predicted octanol–water partition coefficient (Wildman–Crippen LogP) is 1.43. The number of likely N-dealkylation sites (N-methyl/N-ethyl adjacent to an activating group) is 1. The van der Waals surface area contributed by atoms with Crippen molar-refractivity contribution in [1.29, 1.82) is 0 Å². The lowest BCUT2D eigenvalue weighted by molar-refractivity contribution is -0.274. The minimum atomic E-state index is -4.78. The first-order chi connectivity index (χ1) is 15.8. The van der Waals surface area contributed by atoms with Crippen LogP contribution in [-0.2, 0) is 20.9 Å². The monoisotopic (exact) mass is 488 g/mol. The Bertz CT molecular complexity index is 863. The van der Waals surface area contributed by atoms with Crippen molar-refractivity contribution < 1.29 is 37.4 Å². The van der Waals surface area contributed by atoms with Gasteiger partial charge in [0.05, 0.1) is 6.04 Å². The fourth-order valence-corrected chi connectivity index (χ4v) is 3.61. The Morgan fingerprint density at radius 1 is 1.15 bits per heavy atom. The normalized spacial score (nSPS) is 18.9. The Hall–Kier alpha value is -2.86. The van der Waals surface area contributed by atoms with Gasteiger partial charge in [-0.2, -0.15) is 0 Å². The van der Waals surface area contributed by atoms with Crippen LogP contribution in [0.1, 0.15) is 26.3 Å². The van der Waals surface area contributed by atoms with E-state index in [0.29, 0.717) is 18.7 Å². The predicted molar refractivity (Wildman–Crippen MR) is 117 cm³/mol. The van der Waals surface area contributed by atoms with Crippen molar-refractivity contribution in [2.75, 3.05) is 26.7 Å². The summed E-state index contributed by atoms with van der Waals surface area (Å²) in [6.45, 7) is 6.01. The number of amides is 2. The molecule has 0 saturated carbocycles. The van der Waals surface area contributed by atoms with Crippen molar-refractivity contribution in [2.45, 2.75) is 51.8 Å². The van der Waals surface area contributed by atoms with E-state index in [0.717, 1.165) is 0 Å². The number of halogens is 3. The van der Waals surface area contributed by atoms with Gasteiger partial charge in [0.2, 0.25) is 11.8 Å². The van der Waals surface area contributed by atoms with Crippen LogP contribution in [0.15, 0.2) is 24.3 Å². The third-order valence-corrected chi connectivity index (χ3v) is 5.65. The number of carbonyl (C=O) groups excluding carboxylic acids is 2. The molecule has 9 nitrogen and oxygen atoms in total. The Morgan fingerprint density at radius 3 is 2.26 bits per heavy atom. The smallest absolute Gasteiger partial charge is 0.480 e. The number of ether oxygens (including phenoxy) is 1. The van der Waals surface area contributed by atoms with Gasteiger partial charge in [0, 0.05) is 26.2 Å². The van der Waals surface area contributed by atoms with Crippen molar-refractivity contribution >= 4 is 17.8 Å². The van der Waals surface area contributed by atoms with Crippen LogP contribution in [0.4, 0.5) is 13.2 Å². The molecule has 1 aromatic rings. The van der Waals surface area contributed by atoms with Crippen LogP contribution in [0.2, 0.25) is 0 Å². The van der Waals surface area contributed by atoms with E-state index in [2.05, 4.69) is 15.4 Å². The Balaban J connectivity index is 2.08. The quantitative estimate of drug-likeness (QED) is 0.482. The largest absolute Gasteiger partial charge is 0.573 e. The molecule has 2 amide bonds. The molecular weight excluding hydrogens is 457 g/mol. The van der Waals surface area contributed by atoms with Gasteiger partial charge in [-0.1, -0.05) is 26.0 Å². The summed E-state index contributed by atoms with van der Waals surface area (Å²) < 4.78 is 40.8. The van der Waals surface area contributed by atoms with Crippen molar-refractivity contribution in [3.63, 3.8) is 0 Å². The summed E-state index contributed by atoms with van der Waals surface area (Å²) in [4.78, 5) is 40.6. The molecule has 1 aliphatic rings. The number of alkyl halides is 3. The minimum absolute atomic E-state index is 0.0353. The highest BCUT2D eigenvalue weighted by Gasteiger charge is 2.39. The van der Waals surface area contributed by atoms with Gasteiger partial charge in [-0.3, -0.25) is 14.5 Å². The van der Waals surface area contributed by atoms with Crippen LogP contribution in [0.3, 0.4) is 0 Å². The van der Waals surface area contributed by atoms with Gasteiger partial charge in [0.1, 0.15) is 17.8 Å². The lowest BCUT2D eigenvalue weighted by atomic mass is 10.00. The zero-order chi connectivity index (χ0) is 25.6. The molecular formula is C22H31F3N4O5. The van der Waals surface area contributed by atoms with Gasteiger partial charge in [0.25, 0.3) is 0 Å². The summed E-state index contributed by atoms with van der Waals surface area (Å²) in [7, 11) is 1.62. The first kappa shape index (κ1) is 27.4. The molecule has 1 heterocycles. The molecule has 1 aromatic carbocycles. The number of aliphatic carboxylic acids is 1. The molecule has 0 bridgehead atoms. The Morgan fingerprint density at radius 2 is 1.76 bits per heavy atom. The second kappa shape index (κ2) is 11.5. The molecule has 3 N–H and O–H groups in total. The standard InChI is InChI=1S/C22H31F3N4O5/c1-13(2)18(27-19(30)14(3)26-4)20(31)29-10-9-28(12-17(29)21(32)33)11-15-5-7-16(8-6-15)34-22(23,24)25/h5-8,13-14,17-18,26H,9-12H2,1-4H3,(H,27,30)(H,32,33)/t14-,17-,18-/m0/s1. The Kier molecular flexibility index (Phi) is 9.28. The summed E-state index contributed by atoms with van der Waals surface area (Å²) >= 11 is 0. The number of benzene rings is 1. The molecule has 34 heavy (non-hydrogen) atoms. The van der Waals surface area contributed by atoms with Crippen LogP contribution < -0.4 is 15.4 Å². The average molecular weight is 489 g/mol. The van der Waals surface area contributed by atoms with Gasteiger partial charge < -0.3 is 25.4 Å². The molecule has 12 heteroatoms. The molecule has 0 aliphatic carbocycles. The number of hydrogen-bond donors (Lipinski definition) is 3. The first-order valence-electron chi connectivity index (χ1n) is 10.9. The molecule has 3 atom stereocenters. The second-order valence-electron chi connectivity index (χ2n) is 8.55. The lowest BCUT2D eigenvalue weighted by Gasteiger charge is -2.41. The van der Waals surface area contributed by atoms with Gasteiger partial charge in [-0.25, -0.2) is 4.79 Å². The summed E-state index contributed by atoms with van der Waals surface area (Å²) in [5.74, 6) is -2.61. The lowest BCUT2D eigenvalue weighted by Crippen LogP contribution is -2.63. The highest BCUT2D eigenvalue weighted by atomic mass is 19.4. The van der Waals surface area contributed by atoms with Crippen LogP contribution in [0.25, 0.3) is 0 Å². The maximum atomic E-state index is 13.2. The van der Waals surface area contributed by atoms with Crippen LogP contribution in [0, 0.1) is 5.92 Å². The van der Waals surface area contributed by atoms with E-state index < -0.39 is 36.4 Å². The van der Waals surface area contributed by atoms with Crippen molar-refractivity contribution in [3.8, 4) is 5.75 Å². The second-order valence-corrected chi connectivity index (χ2v) is 8.55. The number of carboxylic acid groups (broad SMARTS) is 1. The van der Waals surface area contributed by atoms with E-state index in [4.69, 9.17) is 0 Å². The van der Waals surface area contributed by atoms with Crippen molar-refractivity contribution in [3.05, 3.63) is 29.8 Å². The fourth-order valence-electron chi connectivity index (χ4n) is 3.61. The highest BCUT2D eigenvalue weighted by molar-refractivity contribution is 5.92. The molecule has 2 rings (SSSR count). The molecule has 1 saturated heterocycles. The SMILES string of the molecule is CN[C@@H](C)C(=O)N[C@H](C(=O)N1CCN(Cc2ccc(OC(F)(F)F)cc2)C[C@H]1C(=O)O)C(C)C. The number of carboxylic acids is 1. The molecule has 0 aromatic heterocycles. The zero-order valence-electron chi connectivity index (χ0n) is 19.6. The molecule has 190 valence electrons. The van der Waals surface area contributed by atoms with E-state index in [-0.39, 0.29) is 30.7 Å². The summed E-state index contributed by atoms with van der Waals surface area (Å²) in [5.41, 5.74) is 0.673. The maximum Gasteiger partial charge on any atom is 0.573 e. The summed E-state index contributed by atoms with van der Waals surface area (Å²) in [5, 5.41) is 15.3.